The van der Waals surface area contributed by atoms with Crippen LogP contribution in [0.4, 0.5) is 3.89 Å². The molecule has 0 radical (unpaired) electrons. The van der Waals surface area contributed by atoms with Crippen molar-refractivity contribution < 1.29 is 3.89 Å². The summed E-state index contributed by atoms with van der Waals surface area (Å²) < 4.78 is 13.1. The number of nitrogens with zero attached hydrogens (tertiary/aromatic N) is 3. The van der Waals surface area contributed by atoms with Gasteiger partial charge in [-0.15, -0.1) is 0 Å². The first-order chi connectivity index (χ1) is 17.4. The quantitative estimate of drug-likeness (QED) is 0.232. The average molecular weight is 511 g/mol. The summed E-state index contributed by atoms with van der Waals surface area (Å²) in [7, 11) is 0. The summed E-state index contributed by atoms with van der Waals surface area (Å²) in [6.45, 7) is 14.0. The molecule has 2 aromatic carbocycles. The fraction of sp³-hybridized carbons (Fsp3) is 0.400. The first kappa shape index (κ1) is 31.3. The van der Waals surface area contributed by atoms with Crippen molar-refractivity contribution in [1.29, 1.82) is 0 Å². The van der Waals surface area contributed by atoms with Gasteiger partial charge in [0, 0.05) is 42.6 Å². The largest absolute Gasteiger partial charge is 0.390 e. The molecule has 2 rings (SSSR count). The van der Waals surface area contributed by atoms with Gasteiger partial charge in [-0.25, -0.2) is 4.99 Å². The number of aryl methyl sites for hydroxylation is 1. The fourth-order valence-corrected chi connectivity index (χ4v) is 3.95. The lowest BCUT2D eigenvalue weighted by molar-refractivity contribution is 0.196. The van der Waals surface area contributed by atoms with Gasteiger partial charge >= 0.3 is 0 Å². The van der Waals surface area contributed by atoms with E-state index in [1.807, 2.05) is 43.6 Å². The Hall–Kier alpha value is -2.70. The Kier molecular flexibility index (Phi) is 16.1. The van der Waals surface area contributed by atoms with E-state index in [4.69, 9.17) is 5.73 Å². The molecule has 2 aromatic rings. The topological polar surface area (TPSA) is 54.0 Å². The van der Waals surface area contributed by atoms with Crippen molar-refractivity contribution >= 4 is 24.7 Å². The molecule has 36 heavy (non-hydrogen) atoms. The highest BCUT2D eigenvalue weighted by Gasteiger charge is 2.19. The van der Waals surface area contributed by atoms with Crippen LogP contribution in [-0.2, 0) is 13.0 Å². The minimum absolute atomic E-state index is 0.298. The molecule has 1 atom stereocenters. The van der Waals surface area contributed by atoms with E-state index in [9.17, 15) is 3.89 Å². The number of hydrogen-bond acceptors (Lipinski definition) is 4. The van der Waals surface area contributed by atoms with Gasteiger partial charge in [0.15, 0.2) is 0 Å². The molecule has 0 fully saturated rings. The van der Waals surface area contributed by atoms with Crippen LogP contribution < -0.4 is 5.73 Å². The zero-order valence-electron chi connectivity index (χ0n) is 22.7. The fourth-order valence-electron chi connectivity index (χ4n) is 3.64. The Morgan fingerprint density at radius 1 is 1.06 bits per heavy atom. The van der Waals surface area contributed by atoms with Crippen LogP contribution >= 0.6 is 12.1 Å². The average Bonchev–Trinajstić information content (AvgIpc) is 2.90. The van der Waals surface area contributed by atoms with Crippen LogP contribution in [0.2, 0.25) is 0 Å². The van der Waals surface area contributed by atoms with Crippen molar-refractivity contribution in [3.8, 4) is 0 Å². The Labute approximate surface area is 222 Å². The van der Waals surface area contributed by atoms with E-state index in [1.54, 1.807) is 6.21 Å². The van der Waals surface area contributed by atoms with Crippen molar-refractivity contribution in [3.05, 3.63) is 88.8 Å². The predicted octanol–water partition coefficient (Wildman–Crippen LogP) is 8.08. The van der Waals surface area contributed by atoms with E-state index >= 15 is 0 Å². The summed E-state index contributed by atoms with van der Waals surface area (Å²) in [5.74, 6) is 0. The van der Waals surface area contributed by atoms with E-state index in [1.165, 1.54) is 23.0 Å². The maximum Gasteiger partial charge on any atom is 0.0852 e. The second kappa shape index (κ2) is 18.6. The number of aliphatic imine (C=N–C) groups is 2. The van der Waals surface area contributed by atoms with Crippen molar-refractivity contribution in [2.24, 2.45) is 15.7 Å². The van der Waals surface area contributed by atoms with Crippen LogP contribution in [0.25, 0.3) is 0 Å². The number of rotatable bonds is 12. The normalized spacial score (nSPS) is 13.3. The van der Waals surface area contributed by atoms with Crippen LogP contribution in [-0.4, -0.2) is 30.0 Å². The molecule has 2 N–H and O–H groups in total. The Balaban J connectivity index is 0.000000697. The van der Waals surface area contributed by atoms with Gasteiger partial charge in [-0.2, -0.15) is 3.89 Å². The molecule has 0 amide bonds. The molecule has 0 saturated carbocycles. The SMILES string of the molecule is CC=N/C=C(\C)CC.CCC(Cc1ccccc1)N(C/C(C)=C/N=CN)Cc1cc(SF)ccc1C. The number of allylic oxidation sites excluding steroid dienone is 1. The van der Waals surface area contributed by atoms with Gasteiger partial charge in [-0.3, -0.25) is 9.89 Å². The van der Waals surface area contributed by atoms with Gasteiger partial charge in [0.1, 0.15) is 0 Å². The lowest BCUT2D eigenvalue weighted by Crippen LogP contribution is -2.37. The highest BCUT2D eigenvalue weighted by atomic mass is 32.2. The molecular weight excluding hydrogens is 467 g/mol. The molecule has 0 heterocycles. The third kappa shape index (κ3) is 12.3. The maximum atomic E-state index is 13.1. The van der Waals surface area contributed by atoms with Gasteiger partial charge in [-0.1, -0.05) is 55.8 Å². The number of benzene rings is 2. The lowest BCUT2D eigenvalue weighted by atomic mass is 10.00. The van der Waals surface area contributed by atoms with E-state index in [0.717, 1.165) is 43.5 Å². The van der Waals surface area contributed by atoms with E-state index in [2.05, 4.69) is 73.8 Å². The minimum atomic E-state index is 0.298. The third-order valence-corrected chi connectivity index (χ3v) is 6.35. The van der Waals surface area contributed by atoms with Crippen molar-refractivity contribution in [2.75, 3.05) is 6.54 Å². The van der Waals surface area contributed by atoms with Crippen molar-refractivity contribution in [1.82, 2.24) is 4.90 Å². The second-order valence-corrected chi connectivity index (χ2v) is 9.46. The van der Waals surface area contributed by atoms with Gasteiger partial charge in [0.2, 0.25) is 0 Å². The molecular formula is C30H43FN4S. The van der Waals surface area contributed by atoms with Gasteiger partial charge in [0.25, 0.3) is 0 Å². The van der Waals surface area contributed by atoms with Gasteiger partial charge < -0.3 is 5.73 Å². The van der Waals surface area contributed by atoms with Crippen LogP contribution in [0.15, 0.2) is 87.0 Å². The van der Waals surface area contributed by atoms with Gasteiger partial charge in [0.05, 0.1) is 18.5 Å². The minimum Gasteiger partial charge on any atom is -0.390 e. The van der Waals surface area contributed by atoms with Crippen molar-refractivity contribution in [2.45, 2.75) is 78.3 Å². The Bertz CT molecular complexity index is 999. The number of hydrogen-bond donors (Lipinski definition) is 1. The zero-order chi connectivity index (χ0) is 26.8. The summed E-state index contributed by atoms with van der Waals surface area (Å²) >= 11 is 0.298. The summed E-state index contributed by atoms with van der Waals surface area (Å²) in [5.41, 5.74) is 11.5. The van der Waals surface area contributed by atoms with E-state index in [0.29, 0.717) is 23.1 Å². The van der Waals surface area contributed by atoms with Crippen LogP contribution in [0.5, 0.6) is 0 Å². The smallest absolute Gasteiger partial charge is 0.0852 e. The highest BCUT2D eigenvalue weighted by molar-refractivity contribution is 7.94. The maximum absolute atomic E-state index is 13.1. The van der Waals surface area contributed by atoms with Crippen LogP contribution in [0.1, 0.15) is 64.2 Å². The van der Waals surface area contributed by atoms with E-state index in [-0.39, 0.29) is 0 Å². The first-order valence-electron chi connectivity index (χ1n) is 12.6. The molecule has 0 spiro atoms. The summed E-state index contributed by atoms with van der Waals surface area (Å²) in [6.07, 6.45) is 9.89. The molecule has 196 valence electrons. The standard InChI is InChI=1S/C23H30FN3S.C7H13N/c1-4-22(12-20-8-6-5-7-9-20)27(15-18(2)14-26-17-25)16-21-13-23(28-24)11-10-19(21)3;1-4-7(3)6-8-5-2/h5-11,13-14,17,22H,4,12,15-16H2,1-3H3,(H2,25,26);5-6H,4H2,1-3H3/b18-14+;7-6+,8-5?. The van der Waals surface area contributed by atoms with Crippen molar-refractivity contribution in [3.63, 3.8) is 0 Å². The molecule has 0 aromatic heterocycles. The number of halogens is 1. The lowest BCUT2D eigenvalue weighted by Gasteiger charge is -2.32. The predicted molar refractivity (Wildman–Crippen MR) is 157 cm³/mol. The Morgan fingerprint density at radius 2 is 1.75 bits per heavy atom. The summed E-state index contributed by atoms with van der Waals surface area (Å²) in [4.78, 5) is 11.1. The van der Waals surface area contributed by atoms with E-state index < -0.39 is 0 Å². The molecule has 4 nitrogen and oxygen atoms in total. The monoisotopic (exact) mass is 510 g/mol. The Morgan fingerprint density at radius 3 is 2.33 bits per heavy atom. The second-order valence-electron chi connectivity index (χ2n) is 8.83. The van der Waals surface area contributed by atoms with Gasteiger partial charge in [-0.05, 0) is 81.4 Å². The first-order valence-corrected chi connectivity index (χ1v) is 13.3. The molecule has 1 unspecified atom stereocenters. The van der Waals surface area contributed by atoms with Crippen LogP contribution in [0.3, 0.4) is 0 Å². The molecule has 0 saturated heterocycles. The molecule has 0 aliphatic carbocycles. The molecule has 0 bridgehead atoms. The molecule has 0 aliphatic heterocycles. The summed E-state index contributed by atoms with van der Waals surface area (Å²) in [6, 6.07) is 16.7. The third-order valence-electron chi connectivity index (χ3n) is 5.92. The van der Waals surface area contributed by atoms with Crippen LogP contribution in [0, 0.1) is 6.92 Å². The zero-order valence-corrected chi connectivity index (χ0v) is 23.6. The molecule has 0 aliphatic rings. The highest BCUT2D eigenvalue weighted by Crippen LogP contribution is 2.25. The number of nitrogens with two attached hydrogens (primary N) is 1. The summed E-state index contributed by atoms with van der Waals surface area (Å²) in [5, 5.41) is 0. The molecule has 6 heteroatoms.